The Kier molecular flexibility index (Phi) is 9.78. The molecule has 1 aliphatic rings. The number of nitrogens with zero attached hydrogens (tertiary/aromatic N) is 3. The molecule has 0 saturated carbocycles. The Morgan fingerprint density at radius 1 is 1.09 bits per heavy atom. The summed E-state index contributed by atoms with van der Waals surface area (Å²) in [5.74, 6) is 0.144. The number of aromatic nitrogens is 3. The minimum absolute atomic E-state index is 0.114. The molecule has 4 aromatic rings. The third kappa shape index (κ3) is 7.26. The largest absolute Gasteiger partial charge is 0.484 e. The quantitative estimate of drug-likeness (QED) is 0.166. The fourth-order valence-corrected chi connectivity index (χ4v) is 6.92. The number of thioether (sulfide) groups is 1. The number of para-hydroxylation sites is 1. The first kappa shape index (κ1) is 30.3. The van der Waals surface area contributed by atoms with Crippen LogP contribution in [0.15, 0.2) is 59.8 Å². The van der Waals surface area contributed by atoms with Crippen LogP contribution in [0, 0.1) is 6.92 Å². The number of nitrogens with one attached hydrogen (secondary N) is 2. The van der Waals surface area contributed by atoms with Crippen molar-refractivity contribution in [2.24, 2.45) is 0 Å². The number of aryl methyl sites for hydroxylation is 2. The molecule has 0 fully saturated rings. The minimum atomic E-state index is -0.568. The molecule has 0 spiro atoms. The van der Waals surface area contributed by atoms with Crippen molar-refractivity contribution < 1.29 is 23.9 Å². The monoisotopic (exact) mass is 619 g/mol. The van der Waals surface area contributed by atoms with Crippen molar-refractivity contribution in [1.82, 2.24) is 20.1 Å². The Morgan fingerprint density at radius 2 is 1.91 bits per heavy atom. The van der Waals surface area contributed by atoms with Gasteiger partial charge < -0.3 is 20.1 Å². The molecule has 12 heteroatoms. The van der Waals surface area contributed by atoms with Crippen molar-refractivity contribution in [3.63, 3.8) is 0 Å². The molecule has 5 rings (SSSR count). The summed E-state index contributed by atoms with van der Waals surface area (Å²) < 4.78 is 12.7. The summed E-state index contributed by atoms with van der Waals surface area (Å²) in [4.78, 5) is 39.8. The molecule has 2 N–H and O–H groups in total. The molecule has 2 amide bonds. The Labute approximate surface area is 258 Å². The van der Waals surface area contributed by atoms with Crippen LogP contribution in [-0.2, 0) is 33.7 Å². The molecule has 10 nitrogen and oxygen atoms in total. The van der Waals surface area contributed by atoms with Gasteiger partial charge in [0.1, 0.15) is 10.8 Å². The van der Waals surface area contributed by atoms with Gasteiger partial charge in [0.05, 0.1) is 24.0 Å². The van der Waals surface area contributed by atoms with Crippen LogP contribution in [0.3, 0.4) is 0 Å². The molecule has 0 saturated heterocycles. The third-order valence-corrected chi connectivity index (χ3v) is 9.06. The molecule has 1 atom stereocenters. The van der Waals surface area contributed by atoms with Gasteiger partial charge in [-0.25, -0.2) is 4.79 Å². The van der Waals surface area contributed by atoms with Gasteiger partial charge >= 0.3 is 5.97 Å². The Morgan fingerprint density at radius 3 is 2.67 bits per heavy atom. The number of thiophene rings is 1. The minimum Gasteiger partial charge on any atom is -0.484 e. The normalized spacial score (nSPS) is 12.8. The van der Waals surface area contributed by atoms with Crippen molar-refractivity contribution in [1.29, 1.82) is 0 Å². The number of hydrogen-bond acceptors (Lipinski definition) is 9. The zero-order chi connectivity index (χ0) is 30.3. The van der Waals surface area contributed by atoms with Crippen molar-refractivity contribution in [2.45, 2.75) is 57.0 Å². The predicted molar refractivity (Wildman–Crippen MR) is 166 cm³/mol. The van der Waals surface area contributed by atoms with E-state index in [9.17, 15) is 14.4 Å². The van der Waals surface area contributed by atoms with E-state index in [2.05, 4.69) is 20.8 Å². The van der Waals surface area contributed by atoms with Gasteiger partial charge in [0, 0.05) is 10.6 Å². The van der Waals surface area contributed by atoms with Crippen LogP contribution in [0.25, 0.3) is 5.69 Å². The summed E-state index contributed by atoms with van der Waals surface area (Å²) >= 11 is 2.69. The zero-order valence-electron chi connectivity index (χ0n) is 24.2. The first-order valence-electron chi connectivity index (χ1n) is 14.1. The molecule has 0 radical (unpaired) electrons. The van der Waals surface area contributed by atoms with Gasteiger partial charge in [0.15, 0.2) is 17.6 Å². The zero-order valence-corrected chi connectivity index (χ0v) is 25.8. The maximum absolute atomic E-state index is 13.4. The molecule has 224 valence electrons. The molecule has 0 bridgehead atoms. The fraction of sp³-hybridized carbons (Fsp3) is 0.323. The summed E-state index contributed by atoms with van der Waals surface area (Å²) in [6.45, 7) is 5.77. The highest BCUT2D eigenvalue weighted by Crippen LogP contribution is 2.40. The van der Waals surface area contributed by atoms with Gasteiger partial charge in [0.25, 0.3) is 5.91 Å². The van der Waals surface area contributed by atoms with Crippen LogP contribution in [-0.4, -0.2) is 51.0 Å². The molecular weight excluding hydrogens is 587 g/mol. The summed E-state index contributed by atoms with van der Waals surface area (Å²) in [5, 5.41) is 15.0. The van der Waals surface area contributed by atoms with Gasteiger partial charge in [-0.05, 0) is 75.4 Å². The number of carbonyl (C=O) groups is 3. The van der Waals surface area contributed by atoms with E-state index in [1.807, 2.05) is 54.0 Å². The van der Waals surface area contributed by atoms with Gasteiger partial charge in [0.2, 0.25) is 5.91 Å². The van der Waals surface area contributed by atoms with Crippen LogP contribution in [0.2, 0.25) is 0 Å². The third-order valence-electron chi connectivity index (χ3n) is 6.81. The summed E-state index contributed by atoms with van der Waals surface area (Å²) in [6, 6.07) is 16.9. The number of rotatable bonds is 12. The SMILES string of the molecule is CCOC(=O)c1c(NC(=O)C(C)Sc2nnc(CNC(=O)COc3ccccc3)n2-c2cccc(C)c2)sc2c1CCC2. The van der Waals surface area contributed by atoms with E-state index in [0.29, 0.717) is 27.3 Å². The highest BCUT2D eigenvalue weighted by atomic mass is 32.2. The van der Waals surface area contributed by atoms with Crippen molar-refractivity contribution in [2.75, 3.05) is 18.5 Å². The van der Waals surface area contributed by atoms with Gasteiger partial charge in [-0.1, -0.05) is 42.1 Å². The van der Waals surface area contributed by atoms with Crippen LogP contribution >= 0.6 is 23.1 Å². The predicted octanol–water partition coefficient (Wildman–Crippen LogP) is 5.12. The van der Waals surface area contributed by atoms with Crippen molar-refractivity contribution in [3.8, 4) is 11.4 Å². The Balaban J connectivity index is 1.31. The Bertz CT molecular complexity index is 1620. The molecular formula is C31H33N5O5S2. The van der Waals surface area contributed by atoms with E-state index >= 15 is 0 Å². The average molecular weight is 620 g/mol. The topological polar surface area (TPSA) is 124 Å². The van der Waals surface area contributed by atoms with Crippen LogP contribution in [0.1, 0.15) is 52.5 Å². The number of fused-ring (bicyclic) bond motifs is 1. The lowest BCUT2D eigenvalue weighted by molar-refractivity contribution is -0.123. The maximum atomic E-state index is 13.4. The van der Waals surface area contributed by atoms with E-state index in [-0.39, 0.29) is 31.6 Å². The van der Waals surface area contributed by atoms with E-state index in [0.717, 1.165) is 41.0 Å². The fourth-order valence-electron chi connectivity index (χ4n) is 4.75. The highest BCUT2D eigenvalue weighted by Gasteiger charge is 2.30. The van der Waals surface area contributed by atoms with E-state index < -0.39 is 11.2 Å². The number of hydrogen-bond donors (Lipinski definition) is 2. The first-order valence-corrected chi connectivity index (χ1v) is 15.8. The molecule has 0 aliphatic heterocycles. The number of ether oxygens (including phenoxy) is 2. The van der Waals surface area contributed by atoms with Gasteiger partial charge in [-0.2, -0.15) is 0 Å². The first-order chi connectivity index (χ1) is 20.8. The van der Waals surface area contributed by atoms with E-state index in [4.69, 9.17) is 9.47 Å². The molecule has 1 aliphatic carbocycles. The lowest BCUT2D eigenvalue weighted by Gasteiger charge is -2.15. The molecule has 2 aromatic carbocycles. The number of anilines is 1. The van der Waals surface area contributed by atoms with Crippen LogP contribution in [0.5, 0.6) is 5.75 Å². The second-order valence-corrected chi connectivity index (χ2v) is 12.4. The Hall–Kier alpha value is -4.16. The van der Waals surface area contributed by atoms with Gasteiger partial charge in [-0.15, -0.1) is 21.5 Å². The smallest absolute Gasteiger partial charge is 0.341 e. The van der Waals surface area contributed by atoms with Crippen LogP contribution in [0.4, 0.5) is 5.00 Å². The van der Waals surface area contributed by atoms with Crippen molar-refractivity contribution >= 4 is 45.9 Å². The highest BCUT2D eigenvalue weighted by molar-refractivity contribution is 8.00. The lowest BCUT2D eigenvalue weighted by atomic mass is 10.1. The maximum Gasteiger partial charge on any atom is 0.341 e. The average Bonchev–Trinajstić information content (AvgIpc) is 3.70. The standard InChI is InChI=1S/C31H33N5O5S2/c1-4-40-30(39)27-23-14-9-15-24(23)43-29(27)33-28(38)20(3)42-31-35-34-25(36(31)21-11-8-10-19(2)16-21)17-32-26(37)18-41-22-12-6-5-7-13-22/h5-8,10-13,16,20H,4,9,14-15,17-18H2,1-3H3,(H,32,37)(H,33,38). The van der Waals surface area contributed by atoms with Crippen molar-refractivity contribution in [3.05, 3.63) is 82.0 Å². The van der Waals surface area contributed by atoms with Crippen LogP contribution < -0.4 is 15.4 Å². The lowest BCUT2D eigenvalue weighted by Crippen LogP contribution is -2.29. The number of amides is 2. The molecule has 2 heterocycles. The number of esters is 1. The summed E-state index contributed by atoms with van der Waals surface area (Å²) in [6.07, 6.45) is 2.69. The second-order valence-electron chi connectivity index (χ2n) is 9.98. The molecule has 2 aromatic heterocycles. The summed E-state index contributed by atoms with van der Waals surface area (Å²) in [5.41, 5.74) is 3.31. The second kappa shape index (κ2) is 13.9. The molecule has 1 unspecified atom stereocenters. The summed E-state index contributed by atoms with van der Waals surface area (Å²) in [7, 11) is 0. The number of benzene rings is 2. The van der Waals surface area contributed by atoms with Gasteiger partial charge in [-0.3, -0.25) is 14.2 Å². The number of carbonyl (C=O) groups excluding carboxylic acids is 3. The van der Waals surface area contributed by atoms with E-state index in [1.165, 1.54) is 23.1 Å². The molecule has 43 heavy (non-hydrogen) atoms. The van der Waals surface area contributed by atoms with E-state index in [1.54, 1.807) is 26.0 Å².